The quantitative estimate of drug-likeness (QED) is 0.746. The largest absolute Gasteiger partial charge is 0.313 e. The zero-order valence-electron chi connectivity index (χ0n) is 7.62. The van der Waals surface area contributed by atoms with Gasteiger partial charge in [-0.15, -0.1) is 0 Å². The van der Waals surface area contributed by atoms with Crippen LogP contribution in [0.25, 0.3) is 0 Å². The second-order valence-electron chi connectivity index (χ2n) is 3.76. The molecule has 70 valence electrons. The molecule has 0 aromatic carbocycles. The van der Waals surface area contributed by atoms with Gasteiger partial charge < -0.3 is 4.98 Å². The standard InChI is InChI=1S/C10H14N2O/c13-10-6-9(11-7-12-10)5-8-3-1-2-4-8/h6-8H,1-5H2,(H,11,12,13). The van der Waals surface area contributed by atoms with E-state index in [9.17, 15) is 4.79 Å². The Kier molecular flexibility index (Phi) is 2.43. The van der Waals surface area contributed by atoms with Crippen molar-refractivity contribution in [1.82, 2.24) is 9.97 Å². The molecule has 1 N–H and O–H groups in total. The summed E-state index contributed by atoms with van der Waals surface area (Å²) in [5.41, 5.74) is 0.902. The predicted octanol–water partition coefficient (Wildman–Crippen LogP) is 1.50. The Balaban J connectivity index is 2.04. The Hall–Kier alpha value is -1.12. The van der Waals surface area contributed by atoms with E-state index in [0.717, 1.165) is 18.0 Å². The first-order chi connectivity index (χ1) is 6.34. The first-order valence-electron chi connectivity index (χ1n) is 4.88. The second kappa shape index (κ2) is 3.73. The third kappa shape index (κ3) is 2.17. The van der Waals surface area contributed by atoms with Crippen LogP contribution in [-0.4, -0.2) is 9.97 Å². The van der Waals surface area contributed by atoms with Crippen molar-refractivity contribution < 1.29 is 0 Å². The fourth-order valence-corrected chi connectivity index (χ4v) is 2.03. The van der Waals surface area contributed by atoms with E-state index in [0.29, 0.717) is 0 Å². The van der Waals surface area contributed by atoms with Gasteiger partial charge in [-0.25, -0.2) is 4.98 Å². The first kappa shape index (κ1) is 8.48. The molecule has 3 nitrogen and oxygen atoms in total. The summed E-state index contributed by atoms with van der Waals surface area (Å²) < 4.78 is 0. The highest BCUT2D eigenvalue weighted by Crippen LogP contribution is 2.26. The number of nitrogens with one attached hydrogen (secondary N) is 1. The van der Waals surface area contributed by atoms with Gasteiger partial charge in [-0.05, 0) is 12.3 Å². The number of rotatable bonds is 2. The van der Waals surface area contributed by atoms with Gasteiger partial charge in [-0.1, -0.05) is 25.7 Å². The van der Waals surface area contributed by atoms with E-state index in [-0.39, 0.29) is 5.56 Å². The molecule has 0 saturated heterocycles. The summed E-state index contributed by atoms with van der Waals surface area (Å²) >= 11 is 0. The summed E-state index contributed by atoms with van der Waals surface area (Å²) in [5, 5.41) is 0. The smallest absolute Gasteiger partial charge is 0.250 e. The molecule has 0 bridgehead atoms. The van der Waals surface area contributed by atoms with Crippen molar-refractivity contribution in [2.75, 3.05) is 0 Å². The van der Waals surface area contributed by atoms with Crippen LogP contribution in [0.15, 0.2) is 17.2 Å². The van der Waals surface area contributed by atoms with Gasteiger partial charge in [0.15, 0.2) is 0 Å². The molecule has 0 spiro atoms. The zero-order chi connectivity index (χ0) is 9.10. The molecule has 1 aromatic heterocycles. The van der Waals surface area contributed by atoms with Crippen molar-refractivity contribution in [1.29, 1.82) is 0 Å². The SMILES string of the molecule is O=c1cc(CC2CCCC2)nc[nH]1. The molecule has 2 rings (SSSR count). The minimum atomic E-state index is -0.0389. The monoisotopic (exact) mass is 178 g/mol. The molecule has 0 atom stereocenters. The molecule has 1 aliphatic carbocycles. The lowest BCUT2D eigenvalue weighted by Gasteiger charge is -2.06. The molecule has 0 aliphatic heterocycles. The fraction of sp³-hybridized carbons (Fsp3) is 0.600. The summed E-state index contributed by atoms with van der Waals surface area (Å²) in [6, 6.07) is 1.61. The number of nitrogens with zero attached hydrogens (tertiary/aromatic N) is 1. The molecule has 1 aromatic rings. The van der Waals surface area contributed by atoms with E-state index in [1.54, 1.807) is 6.07 Å². The summed E-state index contributed by atoms with van der Waals surface area (Å²) in [4.78, 5) is 17.6. The topological polar surface area (TPSA) is 45.8 Å². The predicted molar refractivity (Wildman–Crippen MR) is 50.5 cm³/mol. The van der Waals surface area contributed by atoms with Crippen LogP contribution in [0.2, 0.25) is 0 Å². The van der Waals surface area contributed by atoms with Crippen molar-refractivity contribution in [3.63, 3.8) is 0 Å². The van der Waals surface area contributed by atoms with Gasteiger partial charge in [-0.3, -0.25) is 4.79 Å². The van der Waals surface area contributed by atoms with Gasteiger partial charge in [0, 0.05) is 11.8 Å². The molecule has 1 saturated carbocycles. The van der Waals surface area contributed by atoms with E-state index in [1.165, 1.54) is 32.0 Å². The van der Waals surface area contributed by atoms with E-state index in [2.05, 4.69) is 9.97 Å². The molecule has 3 heteroatoms. The van der Waals surface area contributed by atoms with Crippen LogP contribution in [-0.2, 0) is 6.42 Å². The summed E-state index contributed by atoms with van der Waals surface area (Å²) in [6.07, 6.45) is 7.75. The van der Waals surface area contributed by atoms with Crippen LogP contribution >= 0.6 is 0 Å². The Labute approximate surface area is 77.2 Å². The number of aromatic amines is 1. The van der Waals surface area contributed by atoms with Crippen LogP contribution in [0.3, 0.4) is 0 Å². The lowest BCUT2D eigenvalue weighted by atomic mass is 10.0. The zero-order valence-corrected chi connectivity index (χ0v) is 7.62. The molecule has 0 radical (unpaired) electrons. The van der Waals surface area contributed by atoms with Crippen molar-refractivity contribution in [2.45, 2.75) is 32.1 Å². The highest BCUT2D eigenvalue weighted by Gasteiger charge is 2.15. The van der Waals surface area contributed by atoms with Crippen molar-refractivity contribution in [2.24, 2.45) is 5.92 Å². The van der Waals surface area contributed by atoms with E-state index in [4.69, 9.17) is 0 Å². The normalized spacial score (nSPS) is 17.8. The maximum Gasteiger partial charge on any atom is 0.250 e. The van der Waals surface area contributed by atoms with Gasteiger partial charge in [0.25, 0.3) is 5.56 Å². The highest BCUT2D eigenvalue weighted by atomic mass is 16.1. The maximum atomic E-state index is 11.0. The number of hydrogen-bond acceptors (Lipinski definition) is 2. The number of aromatic nitrogens is 2. The van der Waals surface area contributed by atoms with E-state index >= 15 is 0 Å². The Morgan fingerprint density at radius 1 is 1.46 bits per heavy atom. The molecule has 1 aliphatic rings. The van der Waals surface area contributed by atoms with E-state index in [1.807, 2.05) is 0 Å². The van der Waals surface area contributed by atoms with Crippen LogP contribution in [0, 0.1) is 5.92 Å². The summed E-state index contributed by atoms with van der Waals surface area (Å²) in [7, 11) is 0. The van der Waals surface area contributed by atoms with Gasteiger partial charge in [0.2, 0.25) is 0 Å². The summed E-state index contributed by atoms with van der Waals surface area (Å²) in [5.74, 6) is 0.759. The maximum absolute atomic E-state index is 11.0. The lowest BCUT2D eigenvalue weighted by molar-refractivity contribution is 0.538. The average Bonchev–Trinajstić information content (AvgIpc) is 2.57. The Morgan fingerprint density at radius 2 is 2.23 bits per heavy atom. The third-order valence-corrected chi connectivity index (χ3v) is 2.71. The van der Waals surface area contributed by atoms with Crippen molar-refractivity contribution >= 4 is 0 Å². The van der Waals surface area contributed by atoms with Crippen molar-refractivity contribution in [3.05, 3.63) is 28.4 Å². The minimum absolute atomic E-state index is 0.0389. The number of H-pyrrole nitrogens is 1. The first-order valence-corrected chi connectivity index (χ1v) is 4.88. The third-order valence-electron chi connectivity index (χ3n) is 2.71. The molecule has 0 amide bonds. The van der Waals surface area contributed by atoms with Gasteiger partial charge in [0.1, 0.15) is 0 Å². The highest BCUT2D eigenvalue weighted by molar-refractivity contribution is 5.00. The van der Waals surface area contributed by atoms with E-state index < -0.39 is 0 Å². The minimum Gasteiger partial charge on any atom is -0.313 e. The molecule has 13 heavy (non-hydrogen) atoms. The molecular weight excluding hydrogens is 164 g/mol. The molecule has 1 fully saturated rings. The van der Waals surface area contributed by atoms with Crippen LogP contribution in [0.1, 0.15) is 31.4 Å². The molecule has 0 unspecified atom stereocenters. The Bertz CT molecular complexity index is 326. The second-order valence-corrected chi connectivity index (χ2v) is 3.76. The Morgan fingerprint density at radius 3 is 2.92 bits per heavy atom. The molecular formula is C10H14N2O. The fourth-order valence-electron chi connectivity index (χ4n) is 2.03. The van der Waals surface area contributed by atoms with Crippen LogP contribution in [0.4, 0.5) is 0 Å². The lowest BCUT2D eigenvalue weighted by Crippen LogP contribution is -2.09. The van der Waals surface area contributed by atoms with Crippen LogP contribution < -0.4 is 5.56 Å². The van der Waals surface area contributed by atoms with Crippen LogP contribution in [0.5, 0.6) is 0 Å². The number of hydrogen-bond donors (Lipinski definition) is 1. The van der Waals surface area contributed by atoms with Crippen molar-refractivity contribution in [3.8, 4) is 0 Å². The summed E-state index contributed by atoms with van der Waals surface area (Å²) in [6.45, 7) is 0. The molecule has 1 heterocycles. The van der Waals surface area contributed by atoms with Gasteiger partial charge in [0.05, 0.1) is 6.33 Å². The van der Waals surface area contributed by atoms with Gasteiger partial charge >= 0.3 is 0 Å². The van der Waals surface area contributed by atoms with Gasteiger partial charge in [-0.2, -0.15) is 0 Å². The average molecular weight is 178 g/mol.